The summed E-state index contributed by atoms with van der Waals surface area (Å²) in [5.74, 6) is -0.457. The summed E-state index contributed by atoms with van der Waals surface area (Å²) in [6.45, 7) is 1.94. The monoisotopic (exact) mass is 294 g/mol. The topological polar surface area (TPSA) is 79.8 Å². The van der Waals surface area contributed by atoms with Gasteiger partial charge in [-0.2, -0.15) is 5.10 Å². The maximum Gasteiger partial charge on any atom is 0.260 e. The Morgan fingerprint density at radius 3 is 2.95 bits per heavy atom. The summed E-state index contributed by atoms with van der Waals surface area (Å²) < 4.78 is 1.69. The Balaban J connectivity index is 2.24. The first-order valence-electron chi connectivity index (χ1n) is 6.20. The Morgan fingerprint density at radius 2 is 2.35 bits per heavy atom. The molecule has 2 aromatic rings. The zero-order chi connectivity index (χ0) is 14.7. The van der Waals surface area contributed by atoms with Gasteiger partial charge in [0.1, 0.15) is 5.56 Å². The number of amides is 1. The highest BCUT2D eigenvalue weighted by Gasteiger charge is 2.18. The molecule has 7 heteroatoms. The van der Waals surface area contributed by atoms with Crippen molar-refractivity contribution in [3.63, 3.8) is 0 Å². The van der Waals surface area contributed by atoms with Crippen molar-refractivity contribution in [3.8, 4) is 0 Å². The molecule has 1 atom stereocenters. The molecule has 0 saturated heterocycles. The van der Waals surface area contributed by atoms with E-state index in [1.54, 1.807) is 17.9 Å². The van der Waals surface area contributed by atoms with Gasteiger partial charge < -0.3 is 10.3 Å². The second-order valence-electron chi connectivity index (χ2n) is 4.37. The SMILES string of the molecule is CC[C@H](NC(=O)c1cc(Cl)c[nH]c1=O)c1ccnn1C. The van der Waals surface area contributed by atoms with Crippen LogP contribution in [0, 0.1) is 0 Å². The van der Waals surface area contributed by atoms with Crippen molar-refractivity contribution in [2.45, 2.75) is 19.4 Å². The molecule has 0 radical (unpaired) electrons. The van der Waals surface area contributed by atoms with Crippen LogP contribution in [-0.4, -0.2) is 20.7 Å². The molecule has 2 aromatic heterocycles. The number of nitrogens with zero attached hydrogens (tertiary/aromatic N) is 2. The second-order valence-corrected chi connectivity index (χ2v) is 4.81. The first-order valence-corrected chi connectivity index (χ1v) is 6.57. The highest BCUT2D eigenvalue weighted by Crippen LogP contribution is 2.16. The number of H-pyrrole nitrogens is 1. The van der Waals surface area contributed by atoms with Gasteiger partial charge in [0.05, 0.1) is 16.8 Å². The van der Waals surface area contributed by atoms with Crippen LogP contribution >= 0.6 is 11.6 Å². The molecule has 0 aliphatic heterocycles. The van der Waals surface area contributed by atoms with Crippen LogP contribution in [-0.2, 0) is 7.05 Å². The van der Waals surface area contributed by atoms with E-state index in [0.717, 1.165) is 5.69 Å². The first-order chi connectivity index (χ1) is 9.52. The number of carbonyl (C=O) groups is 1. The summed E-state index contributed by atoms with van der Waals surface area (Å²) in [6.07, 6.45) is 3.69. The van der Waals surface area contributed by atoms with Gasteiger partial charge in [0.2, 0.25) is 0 Å². The molecule has 0 unspecified atom stereocenters. The van der Waals surface area contributed by atoms with Crippen molar-refractivity contribution in [2.75, 3.05) is 0 Å². The molecule has 2 heterocycles. The van der Waals surface area contributed by atoms with Crippen molar-refractivity contribution in [2.24, 2.45) is 7.05 Å². The number of halogens is 1. The molecule has 20 heavy (non-hydrogen) atoms. The maximum absolute atomic E-state index is 12.2. The minimum absolute atomic E-state index is 0.00174. The van der Waals surface area contributed by atoms with Gasteiger partial charge in [-0.1, -0.05) is 18.5 Å². The van der Waals surface area contributed by atoms with Crippen molar-refractivity contribution >= 4 is 17.5 Å². The highest BCUT2D eigenvalue weighted by molar-refractivity contribution is 6.30. The molecule has 2 rings (SSSR count). The van der Waals surface area contributed by atoms with Gasteiger partial charge in [-0.3, -0.25) is 14.3 Å². The number of pyridine rings is 1. The quantitative estimate of drug-likeness (QED) is 0.899. The zero-order valence-corrected chi connectivity index (χ0v) is 11.9. The molecular formula is C13H15ClN4O2. The number of carbonyl (C=O) groups excluding carboxylic acids is 1. The van der Waals surface area contributed by atoms with E-state index in [9.17, 15) is 9.59 Å². The summed E-state index contributed by atoms with van der Waals surface area (Å²) in [6, 6.07) is 2.97. The molecule has 0 aliphatic rings. The lowest BCUT2D eigenvalue weighted by Crippen LogP contribution is -2.33. The lowest BCUT2D eigenvalue weighted by atomic mass is 10.1. The molecular weight excluding hydrogens is 280 g/mol. The van der Waals surface area contributed by atoms with E-state index in [0.29, 0.717) is 11.4 Å². The van der Waals surface area contributed by atoms with E-state index in [4.69, 9.17) is 11.6 Å². The number of aromatic amines is 1. The summed E-state index contributed by atoms with van der Waals surface area (Å²) in [5, 5.41) is 7.20. The van der Waals surface area contributed by atoms with Gasteiger partial charge in [0.25, 0.3) is 11.5 Å². The molecule has 0 saturated carbocycles. The Kier molecular flexibility index (Phi) is 4.24. The van der Waals surface area contributed by atoms with Crippen LogP contribution in [0.1, 0.15) is 35.4 Å². The fraction of sp³-hybridized carbons (Fsp3) is 0.308. The number of aromatic nitrogens is 3. The van der Waals surface area contributed by atoms with E-state index in [1.807, 2.05) is 13.0 Å². The summed E-state index contributed by atoms with van der Waals surface area (Å²) >= 11 is 5.79. The van der Waals surface area contributed by atoms with Crippen molar-refractivity contribution < 1.29 is 4.79 Å². The normalized spacial score (nSPS) is 12.2. The van der Waals surface area contributed by atoms with Crippen molar-refractivity contribution in [1.29, 1.82) is 0 Å². The molecule has 0 bridgehead atoms. The predicted molar refractivity (Wildman–Crippen MR) is 75.8 cm³/mol. The summed E-state index contributed by atoms with van der Waals surface area (Å²) in [7, 11) is 1.80. The first kappa shape index (κ1) is 14.3. The molecule has 0 aliphatic carbocycles. The number of aryl methyl sites for hydroxylation is 1. The van der Waals surface area contributed by atoms with Gasteiger partial charge in [-0.25, -0.2) is 0 Å². The van der Waals surface area contributed by atoms with Crippen LogP contribution in [0.2, 0.25) is 5.02 Å². The molecule has 106 valence electrons. The fourth-order valence-corrected chi connectivity index (χ4v) is 2.14. The molecule has 0 fully saturated rings. The molecule has 2 N–H and O–H groups in total. The van der Waals surface area contributed by atoms with Crippen LogP contribution in [0.4, 0.5) is 0 Å². The third-order valence-corrected chi connectivity index (χ3v) is 3.26. The molecule has 0 aromatic carbocycles. The zero-order valence-electron chi connectivity index (χ0n) is 11.2. The largest absolute Gasteiger partial charge is 0.344 e. The van der Waals surface area contributed by atoms with Crippen LogP contribution in [0.5, 0.6) is 0 Å². The van der Waals surface area contributed by atoms with Crippen LogP contribution in [0.3, 0.4) is 0 Å². The van der Waals surface area contributed by atoms with Crippen molar-refractivity contribution in [3.05, 3.63) is 51.2 Å². The van der Waals surface area contributed by atoms with E-state index in [2.05, 4.69) is 15.4 Å². The van der Waals surface area contributed by atoms with E-state index < -0.39 is 11.5 Å². The minimum Gasteiger partial charge on any atom is -0.344 e. The van der Waals surface area contributed by atoms with E-state index in [1.165, 1.54) is 12.3 Å². The predicted octanol–water partition coefficient (Wildman–Crippen LogP) is 1.64. The van der Waals surface area contributed by atoms with Crippen LogP contribution < -0.4 is 10.9 Å². The number of nitrogens with one attached hydrogen (secondary N) is 2. The smallest absolute Gasteiger partial charge is 0.260 e. The number of rotatable bonds is 4. The summed E-state index contributed by atoms with van der Waals surface area (Å²) in [5.41, 5.74) is 0.407. The molecule has 1 amide bonds. The van der Waals surface area contributed by atoms with Gasteiger partial charge in [-0.05, 0) is 18.6 Å². The van der Waals surface area contributed by atoms with Crippen molar-refractivity contribution in [1.82, 2.24) is 20.1 Å². The van der Waals surface area contributed by atoms with Gasteiger partial charge in [-0.15, -0.1) is 0 Å². The maximum atomic E-state index is 12.2. The second kappa shape index (κ2) is 5.92. The van der Waals surface area contributed by atoms with Crippen LogP contribution in [0.15, 0.2) is 29.3 Å². The van der Waals surface area contributed by atoms with Gasteiger partial charge in [0, 0.05) is 19.4 Å². The lowest BCUT2D eigenvalue weighted by Gasteiger charge is -2.17. The fourth-order valence-electron chi connectivity index (χ4n) is 1.97. The van der Waals surface area contributed by atoms with Crippen LogP contribution in [0.25, 0.3) is 0 Å². The van der Waals surface area contributed by atoms with Gasteiger partial charge in [0.15, 0.2) is 0 Å². The number of hydrogen-bond acceptors (Lipinski definition) is 3. The average molecular weight is 295 g/mol. The molecule has 6 nitrogen and oxygen atoms in total. The Bertz CT molecular complexity index is 677. The number of hydrogen-bond donors (Lipinski definition) is 2. The third kappa shape index (κ3) is 2.91. The van der Waals surface area contributed by atoms with Gasteiger partial charge >= 0.3 is 0 Å². The summed E-state index contributed by atoms with van der Waals surface area (Å²) in [4.78, 5) is 26.2. The Hall–Kier alpha value is -2.08. The lowest BCUT2D eigenvalue weighted by molar-refractivity contribution is 0.0932. The Morgan fingerprint density at radius 1 is 1.60 bits per heavy atom. The standard InChI is InChI=1S/C13H15ClN4O2/c1-3-10(11-4-5-16-18(11)2)17-13(20)9-6-8(14)7-15-12(9)19/h4-7,10H,3H2,1-2H3,(H,15,19)(H,17,20)/t10-/m0/s1. The highest BCUT2D eigenvalue weighted by atomic mass is 35.5. The third-order valence-electron chi connectivity index (χ3n) is 3.04. The average Bonchev–Trinajstić information content (AvgIpc) is 2.84. The molecule has 0 spiro atoms. The van der Waals surface area contributed by atoms with E-state index in [-0.39, 0.29) is 11.6 Å². The minimum atomic E-state index is -0.466. The Labute approximate surface area is 120 Å². The van der Waals surface area contributed by atoms with E-state index >= 15 is 0 Å².